The van der Waals surface area contributed by atoms with Crippen molar-refractivity contribution in [3.63, 3.8) is 0 Å². The van der Waals surface area contributed by atoms with E-state index in [2.05, 4.69) is 17.2 Å². The Bertz CT molecular complexity index is 1320. The number of amides is 2. The van der Waals surface area contributed by atoms with Crippen LogP contribution in [0, 0.1) is 11.3 Å². The normalized spacial score (nSPS) is 16.1. The fourth-order valence-corrected chi connectivity index (χ4v) is 5.18. The number of sulfonamides is 1. The summed E-state index contributed by atoms with van der Waals surface area (Å²) in [6.45, 7) is 3.82. The number of benzene rings is 2. The van der Waals surface area contributed by atoms with Crippen molar-refractivity contribution in [3.8, 4) is 17.6 Å². The number of nitrogens with one attached hydrogen (secondary N) is 2. The van der Waals surface area contributed by atoms with Crippen LogP contribution in [0.15, 0.2) is 53.9 Å². The zero-order chi connectivity index (χ0) is 26.6. The van der Waals surface area contributed by atoms with Crippen molar-refractivity contribution in [2.45, 2.75) is 23.8 Å². The van der Waals surface area contributed by atoms with Gasteiger partial charge in [-0.05, 0) is 49.2 Å². The summed E-state index contributed by atoms with van der Waals surface area (Å²) in [5, 5.41) is 15.2. The molecule has 2 N–H and O–H groups in total. The maximum absolute atomic E-state index is 13.7. The Morgan fingerprint density at radius 3 is 2.58 bits per heavy atom. The summed E-state index contributed by atoms with van der Waals surface area (Å²) >= 11 is 12.0. The van der Waals surface area contributed by atoms with Gasteiger partial charge in [0.15, 0.2) is 0 Å². The molecule has 174 valence electrons. The molecule has 2 aromatic rings. The van der Waals surface area contributed by atoms with Crippen LogP contribution in [-0.2, 0) is 10.0 Å². The van der Waals surface area contributed by atoms with Gasteiger partial charge in [0.05, 0.1) is 15.7 Å². The first-order chi connectivity index (χ1) is 17.0. The lowest BCUT2D eigenvalue weighted by Crippen LogP contribution is -2.49. The molecule has 2 aromatic carbocycles. The molecule has 0 aliphatic carbocycles. The molecular weight excluding hydrogens is 487 g/mol. The van der Waals surface area contributed by atoms with E-state index in [1.54, 1.807) is 6.07 Å². The van der Waals surface area contributed by atoms with Gasteiger partial charge in [0, 0.05) is 35.7 Å². The Hall–Kier alpha value is -2.77. The van der Waals surface area contributed by atoms with Crippen LogP contribution >= 0.6 is 23.2 Å². The molecule has 1 heterocycles. The molecule has 2 amide bonds. The maximum atomic E-state index is 13.7. The second-order valence-electron chi connectivity index (χ2n) is 7.05. The van der Waals surface area contributed by atoms with Gasteiger partial charge in [0.25, 0.3) is 0 Å². The molecule has 1 aliphatic heterocycles. The molecule has 33 heavy (non-hydrogen) atoms. The van der Waals surface area contributed by atoms with E-state index in [0.29, 0.717) is 12.8 Å². The van der Waals surface area contributed by atoms with Crippen LogP contribution in [0.1, 0.15) is 22.5 Å². The summed E-state index contributed by atoms with van der Waals surface area (Å²) in [6.07, 6.45) is 2.12. The minimum atomic E-state index is -4.44. The van der Waals surface area contributed by atoms with E-state index < -0.39 is 50.4 Å². The average molecular weight is 512 g/mol. The molecule has 11 heteroatoms. The molecule has 0 unspecified atom stereocenters. The van der Waals surface area contributed by atoms with Crippen molar-refractivity contribution in [2.24, 2.45) is 0 Å². The number of rotatable bonds is 7. The Kier molecular flexibility index (Phi) is 6.87. The summed E-state index contributed by atoms with van der Waals surface area (Å²) < 4.78 is 58.9. The number of halogens is 2. The van der Waals surface area contributed by atoms with Crippen LogP contribution in [0.25, 0.3) is 0 Å². The largest absolute Gasteiger partial charge is 0.456 e. The maximum Gasteiger partial charge on any atom is 0.315 e. The zero-order valence-corrected chi connectivity index (χ0v) is 19.6. The van der Waals surface area contributed by atoms with Crippen molar-refractivity contribution in [3.05, 3.63) is 64.6 Å². The van der Waals surface area contributed by atoms with Crippen LogP contribution in [0.3, 0.4) is 0 Å². The molecule has 8 nitrogen and oxygen atoms in total. The van der Waals surface area contributed by atoms with Crippen molar-refractivity contribution in [1.82, 2.24) is 14.9 Å². The molecule has 0 atom stereocenters. The standard InChI is InChI=1S/C22H22Cl2N4O4S/c1-2-7-26-22(29)27-18-5-8-28(9-6-18)33(30,31)21-10-15(14-25)3-4-20(21)32-19-12-16(23)11-17(24)13-19/h2-4,10-13,18H,1,5-9H2,(H2,26,27,29)/i3D,4D,10D. The molecule has 0 saturated carbocycles. The third-order valence-corrected chi connectivity index (χ3v) is 6.99. The monoisotopic (exact) mass is 511 g/mol. The SMILES string of the molecule is [2H]c1c([2H])c(Oc2cc(Cl)cc(Cl)c2)c(S(=O)(=O)N2CCC(NC(=O)NCC=C)CC2)c([2H])c1C#N. The number of nitrogens with zero attached hydrogens (tertiary/aromatic N) is 2. The lowest BCUT2D eigenvalue weighted by Gasteiger charge is -2.32. The van der Waals surface area contributed by atoms with Crippen LogP contribution < -0.4 is 15.4 Å². The van der Waals surface area contributed by atoms with Gasteiger partial charge in [-0.25, -0.2) is 13.2 Å². The zero-order valence-electron chi connectivity index (χ0n) is 20.3. The highest BCUT2D eigenvalue weighted by atomic mass is 35.5. The van der Waals surface area contributed by atoms with Crippen molar-refractivity contribution in [1.29, 1.82) is 5.26 Å². The van der Waals surface area contributed by atoms with Gasteiger partial charge in [-0.3, -0.25) is 0 Å². The Balaban J connectivity index is 1.97. The van der Waals surface area contributed by atoms with E-state index >= 15 is 0 Å². The molecule has 0 radical (unpaired) electrons. The number of carbonyl (C=O) groups excluding carboxylic acids is 1. The number of hydrogen-bond donors (Lipinski definition) is 2. The van der Waals surface area contributed by atoms with Gasteiger partial charge >= 0.3 is 6.03 Å². The van der Waals surface area contributed by atoms with Crippen molar-refractivity contribution < 1.29 is 22.1 Å². The molecule has 3 rings (SSSR count). The first-order valence-corrected chi connectivity index (χ1v) is 12.0. The summed E-state index contributed by atoms with van der Waals surface area (Å²) in [7, 11) is -4.44. The van der Waals surface area contributed by atoms with E-state index in [9.17, 15) is 18.5 Å². The van der Waals surface area contributed by atoms with Gasteiger partial charge in [0.2, 0.25) is 10.0 Å². The predicted molar refractivity (Wildman–Crippen MR) is 126 cm³/mol. The minimum absolute atomic E-state index is 0.00518. The van der Waals surface area contributed by atoms with Crippen LogP contribution in [0.5, 0.6) is 11.5 Å². The minimum Gasteiger partial charge on any atom is -0.456 e. The van der Waals surface area contributed by atoms with E-state index in [1.807, 2.05) is 0 Å². The fourth-order valence-electron chi connectivity index (χ4n) is 3.16. The van der Waals surface area contributed by atoms with Gasteiger partial charge in [-0.2, -0.15) is 9.57 Å². The third kappa shape index (κ3) is 6.39. The smallest absolute Gasteiger partial charge is 0.315 e. The highest BCUT2D eigenvalue weighted by Gasteiger charge is 2.32. The van der Waals surface area contributed by atoms with E-state index in [1.165, 1.54) is 24.3 Å². The number of piperidine rings is 1. The predicted octanol–water partition coefficient (Wildman–Crippen LogP) is 4.30. The molecular formula is C22H22Cl2N4O4S. The second kappa shape index (κ2) is 10.9. The summed E-state index contributed by atoms with van der Waals surface area (Å²) in [6, 6.07) is 3.00. The topological polar surface area (TPSA) is 112 Å². The van der Waals surface area contributed by atoms with Crippen LogP contribution in [0.2, 0.25) is 10.0 Å². The Morgan fingerprint density at radius 1 is 1.30 bits per heavy atom. The first-order valence-electron chi connectivity index (χ1n) is 11.3. The van der Waals surface area contributed by atoms with Gasteiger partial charge in [-0.1, -0.05) is 29.3 Å². The Labute approximate surface area is 207 Å². The number of nitriles is 1. The molecule has 1 fully saturated rings. The molecule has 1 saturated heterocycles. The second-order valence-corrected chi connectivity index (χ2v) is 9.80. The molecule has 1 aliphatic rings. The number of urea groups is 1. The summed E-state index contributed by atoms with van der Waals surface area (Å²) in [4.78, 5) is 11.2. The highest BCUT2D eigenvalue weighted by Crippen LogP contribution is 2.35. The quantitative estimate of drug-likeness (QED) is 0.538. The van der Waals surface area contributed by atoms with E-state index in [-0.39, 0.29) is 41.5 Å². The Morgan fingerprint density at radius 2 is 1.97 bits per heavy atom. The van der Waals surface area contributed by atoms with E-state index in [0.717, 1.165) is 4.31 Å². The number of hydrogen-bond acceptors (Lipinski definition) is 5. The average Bonchev–Trinajstić information content (AvgIpc) is 2.81. The summed E-state index contributed by atoms with van der Waals surface area (Å²) in [5.41, 5.74) is -0.564. The fraction of sp³-hybridized carbons (Fsp3) is 0.273. The molecule has 0 bridgehead atoms. The van der Waals surface area contributed by atoms with Gasteiger partial charge in [0.1, 0.15) is 16.4 Å². The van der Waals surface area contributed by atoms with Crippen LogP contribution in [0.4, 0.5) is 4.79 Å². The van der Waals surface area contributed by atoms with Crippen LogP contribution in [-0.4, -0.2) is 44.4 Å². The highest BCUT2D eigenvalue weighted by molar-refractivity contribution is 7.89. The molecule has 0 aromatic heterocycles. The van der Waals surface area contributed by atoms with Crippen molar-refractivity contribution in [2.75, 3.05) is 19.6 Å². The number of ether oxygens (including phenoxy) is 1. The summed E-state index contributed by atoms with van der Waals surface area (Å²) in [5.74, 6) is -0.583. The lowest BCUT2D eigenvalue weighted by atomic mass is 10.1. The molecule has 0 spiro atoms. The van der Waals surface area contributed by atoms with Gasteiger partial charge in [-0.15, -0.1) is 6.58 Å². The first kappa shape index (κ1) is 20.8. The third-order valence-electron chi connectivity index (χ3n) is 4.71. The van der Waals surface area contributed by atoms with Gasteiger partial charge < -0.3 is 15.4 Å². The number of carbonyl (C=O) groups is 1. The van der Waals surface area contributed by atoms with Crippen molar-refractivity contribution >= 4 is 39.3 Å². The van der Waals surface area contributed by atoms with E-state index in [4.69, 9.17) is 32.1 Å². The lowest BCUT2D eigenvalue weighted by molar-refractivity contribution is 0.228.